The van der Waals surface area contributed by atoms with Crippen molar-refractivity contribution in [3.63, 3.8) is 0 Å². The Balaban J connectivity index is 2.75. The number of alkyl halides is 3. The fourth-order valence-corrected chi connectivity index (χ4v) is 2.41. The van der Waals surface area contributed by atoms with Crippen LogP contribution in [0.2, 0.25) is 0 Å². The van der Waals surface area contributed by atoms with Crippen LogP contribution in [0.1, 0.15) is 25.5 Å². The van der Waals surface area contributed by atoms with E-state index in [0.717, 1.165) is 24.3 Å². The van der Waals surface area contributed by atoms with E-state index in [1.807, 2.05) is 0 Å². The molecule has 1 aromatic carbocycles. The summed E-state index contributed by atoms with van der Waals surface area (Å²) in [6.07, 6.45) is 0. The molecule has 0 aliphatic rings. The fourth-order valence-electron chi connectivity index (χ4n) is 1.93. The molecule has 1 heterocycles. The number of hydrogen-bond acceptors (Lipinski definition) is 5. The largest absolute Gasteiger partial charge is 0.534 e. The van der Waals surface area contributed by atoms with Gasteiger partial charge in [0.25, 0.3) is 0 Å². The lowest BCUT2D eigenvalue weighted by Crippen LogP contribution is -2.29. The highest BCUT2D eigenvalue weighted by Gasteiger charge is 2.49. The van der Waals surface area contributed by atoms with Gasteiger partial charge in [0.1, 0.15) is 11.5 Å². The van der Waals surface area contributed by atoms with Crippen LogP contribution in [-0.4, -0.2) is 23.9 Å². The van der Waals surface area contributed by atoms with E-state index >= 15 is 0 Å². The lowest BCUT2D eigenvalue weighted by Gasteiger charge is -2.17. The van der Waals surface area contributed by atoms with E-state index in [2.05, 4.69) is 14.2 Å². The predicted octanol–water partition coefficient (Wildman–Crippen LogP) is 2.93. The maximum Gasteiger partial charge on any atom is 0.534 e. The molecule has 0 saturated heterocycles. The van der Waals surface area contributed by atoms with Crippen molar-refractivity contribution < 1.29 is 30.2 Å². The van der Waals surface area contributed by atoms with Crippen molar-refractivity contribution in [2.45, 2.75) is 25.3 Å². The molecule has 2 aromatic rings. The van der Waals surface area contributed by atoms with Crippen LogP contribution in [0.25, 0.3) is 11.3 Å². The van der Waals surface area contributed by atoms with Crippen LogP contribution in [0.5, 0.6) is 5.75 Å². The minimum atomic E-state index is -5.99. The summed E-state index contributed by atoms with van der Waals surface area (Å²) in [6, 6.07) is 4.23. The molecular formula is C14H12F4N2O4S. The molecule has 0 fully saturated rings. The molecule has 0 amide bonds. The van der Waals surface area contributed by atoms with Crippen LogP contribution < -0.4 is 9.87 Å². The second-order valence-corrected chi connectivity index (χ2v) is 6.82. The SMILES string of the molecule is CC(C)c1[nH]c(=O)nc(-c2ccc(F)cc2)c1OS(=O)(=O)C(F)(F)F. The predicted molar refractivity (Wildman–Crippen MR) is 79.9 cm³/mol. The molecule has 0 unspecified atom stereocenters. The molecule has 0 saturated carbocycles. The third kappa shape index (κ3) is 3.98. The summed E-state index contributed by atoms with van der Waals surface area (Å²) < 4.78 is 78.1. The van der Waals surface area contributed by atoms with Crippen LogP contribution in [0.15, 0.2) is 29.1 Å². The van der Waals surface area contributed by atoms with E-state index in [0.29, 0.717) is 0 Å². The van der Waals surface area contributed by atoms with Gasteiger partial charge in [-0.05, 0) is 30.2 Å². The molecular weight excluding hydrogens is 368 g/mol. The first kappa shape index (κ1) is 18.9. The molecule has 1 aromatic heterocycles. The average Bonchev–Trinajstić information content (AvgIpc) is 2.48. The van der Waals surface area contributed by atoms with Gasteiger partial charge < -0.3 is 9.17 Å². The van der Waals surface area contributed by atoms with Crippen LogP contribution in [0.4, 0.5) is 17.6 Å². The van der Waals surface area contributed by atoms with Gasteiger partial charge >= 0.3 is 21.3 Å². The number of nitrogens with one attached hydrogen (secondary N) is 1. The summed E-state index contributed by atoms with van der Waals surface area (Å²) in [4.78, 5) is 17.4. The number of nitrogens with zero attached hydrogens (tertiary/aromatic N) is 1. The molecule has 1 N–H and O–H groups in total. The summed E-state index contributed by atoms with van der Waals surface area (Å²) in [5.41, 5.74) is -7.20. The highest BCUT2D eigenvalue weighted by Crippen LogP contribution is 2.36. The lowest BCUT2D eigenvalue weighted by atomic mass is 10.0. The molecule has 0 atom stereocenters. The summed E-state index contributed by atoms with van der Waals surface area (Å²) in [7, 11) is -5.99. The van der Waals surface area contributed by atoms with E-state index in [-0.39, 0.29) is 11.3 Å². The second-order valence-electron chi connectivity index (χ2n) is 5.28. The van der Waals surface area contributed by atoms with E-state index in [9.17, 15) is 30.8 Å². The zero-order valence-corrected chi connectivity index (χ0v) is 13.7. The monoisotopic (exact) mass is 380 g/mol. The number of H-pyrrole nitrogens is 1. The van der Waals surface area contributed by atoms with Gasteiger partial charge in [0.15, 0.2) is 5.75 Å². The maximum absolute atomic E-state index is 13.1. The second kappa shape index (κ2) is 6.47. The average molecular weight is 380 g/mol. The Bertz CT molecular complexity index is 935. The van der Waals surface area contributed by atoms with Crippen molar-refractivity contribution in [2.24, 2.45) is 0 Å². The fraction of sp³-hybridized carbons (Fsp3) is 0.286. The first-order valence-electron chi connectivity index (χ1n) is 6.83. The molecule has 25 heavy (non-hydrogen) atoms. The van der Waals surface area contributed by atoms with Crippen molar-refractivity contribution in [2.75, 3.05) is 0 Å². The van der Waals surface area contributed by atoms with Gasteiger partial charge in [0.2, 0.25) is 0 Å². The Kier molecular flexibility index (Phi) is 4.89. The maximum atomic E-state index is 13.1. The third-order valence-electron chi connectivity index (χ3n) is 3.09. The van der Waals surface area contributed by atoms with Crippen LogP contribution in [-0.2, 0) is 10.1 Å². The van der Waals surface area contributed by atoms with E-state index in [4.69, 9.17) is 0 Å². The quantitative estimate of drug-likeness (QED) is 0.501. The molecule has 0 aliphatic carbocycles. The normalized spacial score (nSPS) is 12.4. The molecule has 0 bridgehead atoms. The van der Waals surface area contributed by atoms with Gasteiger partial charge in [0, 0.05) is 5.56 Å². The Morgan fingerprint density at radius 2 is 1.72 bits per heavy atom. The minimum Gasteiger partial charge on any atom is -0.372 e. The molecule has 0 spiro atoms. The Hall–Kier alpha value is -2.43. The first-order valence-corrected chi connectivity index (χ1v) is 8.24. The van der Waals surface area contributed by atoms with Crippen molar-refractivity contribution in [1.29, 1.82) is 0 Å². The molecule has 6 nitrogen and oxygen atoms in total. The highest BCUT2D eigenvalue weighted by atomic mass is 32.2. The lowest BCUT2D eigenvalue weighted by molar-refractivity contribution is -0.0500. The van der Waals surface area contributed by atoms with Gasteiger partial charge in [-0.1, -0.05) is 13.8 Å². The number of rotatable bonds is 4. The summed E-state index contributed by atoms with van der Waals surface area (Å²) in [5.74, 6) is -1.99. The highest BCUT2D eigenvalue weighted by molar-refractivity contribution is 7.88. The number of benzene rings is 1. The molecule has 2 rings (SSSR count). The standard InChI is InChI=1S/C14H12F4N2O4S/c1-7(2)10-12(24-25(22,23)14(16,17)18)11(20-13(21)19-10)8-3-5-9(15)6-4-8/h3-7H,1-2H3,(H,19,20,21). The van der Waals surface area contributed by atoms with Crippen LogP contribution >= 0.6 is 0 Å². The third-order valence-corrected chi connectivity index (χ3v) is 4.04. The zero-order valence-electron chi connectivity index (χ0n) is 12.9. The number of aromatic amines is 1. The smallest absolute Gasteiger partial charge is 0.372 e. The molecule has 11 heteroatoms. The van der Waals surface area contributed by atoms with Gasteiger partial charge in [-0.3, -0.25) is 0 Å². The summed E-state index contributed by atoms with van der Waals surface area (Å²) in [6.45, 7) is 3.01. The minimum absolute atomic E-state index is 0.0155. The van der Waals surface area contributed by atoms with E-state index < -0.39 is 44.5 Å². The molecule has 0 radical (unpaired) electrons. The van der Waals surface area contributed by atoms with Crippen LogP contribution in [0, 0.1) is 5.82 Å². The van der Waals surface area contributed by atoms with Gasteiger partial charge in [0.05, 0.1) is 5.69 Å². The Morgan fingerprint density at radius 3 is 2.20 bits per heavy atom. The zero-order chi connectivity index (χ0) is 19.0. The topological polar surface area (TPSA) is 89.1 Å². The van der Waals surface area contributed by atoms with E-state index in [1.165, 1.54) is 13.8 Å². The molecule has 136 valence electrons. The summed E-state index contributed by atoms with van der Waals surface area (Å²) in [5, 5.41) is 0. The molecule has 0 aliphatic heterocycles. The van der Waals surface area contributed by atoms with Gasteiger partial charge in [-0.15, -0.1) is 0 Å². The van der Waals surface area contributed by atoms with E-state index in [1.54, 1.807) is 0 Å². The number of halogens is 4. The van der Waals surface area contributed by atoms with Crippen LogP contribution in [0.3, 0.4) is 0 Å². The van der Waals surface area contributed by atoms with Crippen molar-refractivity contribution in [3.05, 3.63) is 46.3 Å². The van der Waals surface area contributed by atoms with Crippen molar-refractivity contribution in [1.82, 2.24) is 9.97 Å². The van der Waals surface area contributed by atoms with Crippen molar-refractivity contribution >= 4 is 10.1 Å². The Labute approximate surface area is 139 Å². The van der Waals surface area contributed by atoms with Gasteiger partial charge in [-0.25, -0.2) is 9.18 Å². The van der Waals surface area contributed by atoms with Gasteiger partial charge in [-0.2, -0.15) is 26.6 Å². The Morgan fingerprint density at radius 1 is 1.16 bits per heavy atom. The number of hydrogen-bond donors (Lipinski definition) is 1. The summed E-state index contributed by atoms with van der Waals surface area (Å²) >= 11 is 0. The first-order chi connectivity index (χ1) is 11.4. The van der Waals surface area contributed by atoms with Crippen molar-refractivity contribution in [3.8, 4) is 17.0 Å². The number of aromatic nitrogens is 2.